The quantitative estimate of drug-likeness (QED) is 0.901. The molecule has 0 aliphatic carbocycles. The summed E-state index contributed by atoms with van der Waals surface area (Å²) < 4.78 is 1.55. The van der Waals surface area contributed by atoms with Crippen LogP contribution in [0.1, 0.15) is 41.8 Å². The summed E-state index contributed by atoms with van der Waals surface area (Å²) in [7, 11) is 0. The van der Waals surface area contributed by atoms with Crippen LogP contribution in [0.25, 0.3) is 5.69 Å². The van der Waals surface area contributed by atoms with E-state index in [-0.39, 0.29) is 5.82 Å². The van der Waals surface area contributed by atoms with Gasteiger partial charge < -0.3 is 5.11 Å². The van der Waals surface area contributed by atoms with E-state index in [9.17, 15) is 4.79 Å². The predicted octanol–water partition coefficient (Wildman–Crippen LogP) is 2.40. The van der Waals surface area contributed by atoms with Crippen LogP contribution in [0.15, 0.2) is 24.3 Å². The van der Waals surface area contributed by atoms with Crippen LogP contribution in [0.5, 0.6) is 0 Å². The van der Waals surface area contributed by atoms with Gasteiger partial charge in [0.2, 0.25) is 0 Å². The van der Waals surface area contributed by atoms with Gasteiger partial charge in [0.05, 0.1) is 5.69 Å². The number of carbonyl (C=O) groups is 1. The maximum atomic E-state index is 10.8. The Morgan fingerprint density at radius 3 is 2.67 bits per heavy atom. The summed E-state index contributed by atoms with van der Waals surface area (Å²) in [5.74, 6) is -0.319. The molecule has 1 aromatic heterocycles. The highest BCUT2D eigenvalue weighted by molar-refractivity contribution is 5.83. The van der Waals surface area contributed by atoms with Gasteiger partial charge in [-0.3, -0.25) is 0 Å². The lowest BCUT2D eigenvalue weighted by atomic mass is 10.0. The molecule has 0 fully saturated rings. The van der Waals surface area contributed by atoms with Gasteiger partial charge in [-0.15, -0.1) is 5.10 Å². The molecule has 5 heteroatoms. The molecule has 0 atom stereocenters. The van der Waals surface area contributed by atoms with Gasteiger partial charge in [-0.2, -0.15) is 0 Å². The summed E-state index contributed by atoms with van der Waals surface area (Å²) in [6, 6.07) is 7.86. The third kappa shape index (κ3) is 2.25. The Hall–Kier alpha value is -2.17. The second-order valence-corrected chi connectivity index (χ2v) is 4.45. The Morgan fingerprint density at radius 1 is 1.39 bits per heavy atom. The van der Waals surface area contributed by atoms with Crippen LogP contribution < -0.4 is 0 Å². The van der Waals surface area contributed by atoms with Crippen molar-refractivity contribution in [2.75, 3.05) is 0 Å². The summed E-state index contributed by atoms with van der Waals surface area (Å²) in [5, 5.41) is 12.9. The SMILES string of the molecule is Cc1nc(C(=O)O)nn1-c1cccc(C(C)C)c1. The third-order valence-corrected chi connectivity index (χ3v) is 2.74. The number of rotatable bonds is 3. The van der Waals surface area contributed by atoms with Crippen LogP contribution in [0.3, 0.4) is 0 Å². The molecule has 0 saturated carbocycles. The lowest BCUT2D eigenvalue weighted by Gasteiger charge is -2.08. The minimum absolute atomic E-state index is 0.178. The van der Waals surface area contributed by atoms with Crippen LogP contribution in [-0.4, -0.2) is 25.8 Å². The van der Waals surface area contributed by atoms with Crippen molar-refractivity contribution < 1.29 is 9.90 Å². The highest BCUT2D eigenvalue weighted by Gasteiger charge is 2.14. The Balaban J connectivity index is 2.48. The Kier molecular flexibility index (Phi) is 3.14. The van der Waals surface area contributed by atoms with E-state index in [1.807, 2.05) is 24.3 Å². The average molecular weight is 245 g/mol. The van der Waals surface area contributed by atoms with E-state index in [4.69, 9.17) is 5.11 Å². The summed E-state index contributed by atoms with van der Waals surface area (Å²) in [4.78, 5) is 14.7. The van der Waals surface area contributed by atoms with Crippen LogP contribution in [0, 0.1) is 6.92 Å². The zero-order chi connectivity index (χ0) is 13.3. The Bertz CT molecular complexity index is 588. The second kappa shape index (κ2) is 4.60. The number of aryl methyl sites for hydroxylation is 1. The van der Waals surface area contributed by atoms with Crippen molar-refractivity contribution in [1.29, 1.82) is 0 Å². The van der Waals surface area contributed by atoms with Gasteiger partial charge in [-0.05, 0) is 30.5 Å². The average Bonchev–Trinajstić information content (AvgIpc) is 2.72. The molecule has 1 heterocycles. The van der Waals surface area contributed by atoms with Gasteiger partial charge in [0.25, 0.3) is 5.82 Å². The molecule has 0 spiro atoms. The van der Waals surface area contributed by atoms with Gasteiger partial charge in [0.15, 0.2) is 0 Å². The van der Waals surface area contributed by atoms with Gasteiger partial charge >= 0.3 is 5.97 Å². The fraction of sp³-hybridized carbons (Fsp3) is 0.308. The van der Waals surface area contributed by atoms with Crippen LogP contribution in [0.2, 0.25) is 0 Å². The molecular weight excluding hydrogens is 230 g/mol. The zero-order valence-corrected chi connectivity index (χ0v) is 10.6. The molecule has 0 amide bonds. The Morgan fingerprint density at radius 2 is 2.11 bits per heavy atom. The number of aromatic nitrogens is 3. The standard InChI is InChI=1S/C13H15N3O2/c1-8(2)10-5-4-6-11(7-10)16-9(3)14-12(15-16)13(17)18/h4-8H,1-3H3,(H,17,18). The van der Waals surface area contributed by atoms with Gasteiger partial charge in [0, 0.05) is 0 Å². The number of aromatic carboxylic acids is 1. The smallest absolute Gasteiger partial charge is 0.375 e. The molecule has 1 N–H and O–H groups in total. The molecule has 0 unspecified atom stereocenters. The predicted molar refractivity (Wildman–Crippen MR) is 67.1 cm³/mol. The molecule has 0 aliphatic heterocycles. The molecule has 2 aromatic rings. The highest BCUT2D eigenvalue weighted by Crippen LogP contribution is 2.18. The van der Waals surface area contributed by atoms with Gasteiger partial charge in [-0.1, -0.05) is 26.0 Å². The molecule has 18 heavy (non-hydrogen) atoms. The first-order valence-corrected chi connectivity index (χ1v) is 5.76. The summed E-state index contributed by atoms with van der Waals surface area (Å²) in [6.45, 7) is 5.95. The summed E-state index contributed by atoms with van der Waals surface area (Å²) in [6.07, 6.45) is 0. The van der Waals surface area contributed by atoms with Crippen molar-refractivity contribution in [2.24, 2.45) is 0 Å². The number of benzene rings is 1. The fourth-order valence-electron chi connectivity index (χ4n) is 1.74. The van der Waals surface area contributed by atoms with Crippen molar-refractivity contribution >= 4 is 5.97 Å². The fourth-order valence-corrected chi connectivity index (χ4v) is 1.74. The van der Waals surface area contributed by atoms with Crippen molar-refractivity contribution in [3.63, 3.8) is 0 Å². The minimum Gasteiger partial charge on any atom is -0.475 e. The van der Waals surface area contributed by atoms with Gasteiger partial charge in [-0.25, -0.2) is 14.5 Å². The topological polar surface area (TPSA) is 68.0 Å². The van der Waals surface area contributed by atoms with Crippen LogP contribution >= 0.6 is 0 Å². The molecule has 2 rings (SSSR count). The van der Waals surface area contributed by atoms with E-state index >= 15 is 0 Å². The largest absolute Gasteiger partial charge is 0.475 e. The molecule has 0 aliphatic rings. The number of nitrogens with zero attached hydrogens (tertiary/aromatic N) is 3. The number of carboxylic acid groups (broad SMARTS) is 1. The van der Waals surface area contributed by atoms with Crippen molar-refractivity contribution in [2.45, 2.75) is 26.7 Å². The lowest BCUT2D eigenvalue weighted by molar-refractivity contribution is 0.0683. The number of carboxylic acids is 1. The Labute approximate surface area is 105 Å². The zero-order valence-electron chi connectivity index (χ0n) is 10.6. The van der Waals surface area contributed by atoms with Crippen molar-refractivity contribution in [3.05, 3.63) is 41.5 Å². The van der Waals surface area contributed by atoms with Crippen molar-refractivity contribution in [1.82, 2.24) is 14.8 Å². The van der Waals surface area contributed by atoms with Gasteiger partial charge in [0.1, 0.15) is 5.82 Å². The highest BCUT2D eigenvalue weighted by atomic mass is 16.4. The summed E-state index contributed by atoms with van der Waals surface area (Å²) in [5.41, 5.74) is 2.01. The lowest BCUT2D eigenvalue weighted by Crippen LogP contribution is -2.03. The normalized spacial score (nSPS) is 10.9. The maximum Gasteiger partial charge on any atom is 0.375 e. The van der Waals surface area contributed by atoms with E-state index in [1.165, 1.54) is 5.56 Å². The third-order valence-electron chi connectivity index (χ3n) is 2.74. The van der Waals surface area contributed by atoms with E-state index < -0.39 is 5.97 Å². The van der Waals surface area contributed by atoms with Crippen molar-refractivity contribution in [3.8, 4) is 5.69 Å². The van der Waals surface area contributed by atoms with E-state index in [0.29, 0.717) is 11.7 Å². The summed E-state index contributed by atoms with van der Waals surface area (Å²) >= 11 is 0. The molecule has 0 radical (unpaired) electrons. The second-order valence-electron chi connectivity index (χ2n) is 4.45. The van der Waals surface area contributed by atoms with E-state index in [2.05, 4.69) is 23.9 Å². The van der Waals surface area contributed by atoms with E-state index in [0.717, 1.165) is 5.69 Å². The first-order valence-electron chi connectivity index (χ1n) is 5.76. The van der Waals surface area contributed by atoms with Crippen LogP contribution in [-0.2, 0) is 0 Å². The minimum atomic E-state index is -1.11. The molecule has 0 bridgehead atoms. The number of hydrogen-bond acceptors (Lipinski definition) is 3. The first kappa shape index (κ1) is 12.3. The first-order chi connectivity index (χ1) is 8.49. The number of hydrogen-bond donors (Lipinski definition) is 1. The van der Waals surface area contributed by atoms with E-state index in [1.54, 1.807) is 11.6 Å². The maximum absolute atomic E-state index is 10.8. The molecule has 0 saturated heterocycles. The van der Waals surface area contributed by atoms with Crippen LogP contribution in [0.4, 0.5) is 0 Å². The molecule has 94 valence electrons. The monoisotopic (exact) mass is 245 g/mol. The molecular formula is C13H15N3O2. The molecule has 5 nitrogen and oxygen atoms in total. The molecule has 1 aromatic carbocycles.